The van der Waals surface area contributed by atoms with E-state index < -0.39 is 0 Å². The lowest BCUT2D eigenvalue weighted by Crippen LogP contribution is -2.34. The van der Waals surface area contributed by atoms with Gasteiger partial charge in [-0.3, -0.25) is 0 Å². The van der Waals surface area contributed by atoms with Gasteiger partial charge < -0.3 is 14.9 Å². The quantitative estimate of drug-likeness (QED) is 0.661. The van der Waals surface area contributed by atoms with Gasteiger partial charge in [0.1, 0.15) is 0 Å². The molecule has 5 atom stereocenters. The van der Waals surface area contributed by atoms with E-state index in [0.717, 1.165) is 24.8 Å². The molecule has 122 valence electrons. The number of aromatic hydroxyl groups is 1. The fourth-order valence-electron chi connectivity index (χ4n) is 4.35. The second-order valence-corrected chi connectivity index (χ2v) is 6.61. The zero-order valence-corrected chi connectivity index (χ0v) is 13.5. The Morgan fingerprint density at radius 3 is 2.87 bits per heavy atom. The molecule has 0 saturated heterocycles. The van der Waals surface area contributed by atoms with Crippen molar-refractivity contribution >= 4 is 0 Å². The van der Waals surface area contributed by atoms with Crippen molar-refractivity contribution in [1.29, 1.82) is 0 Å². The first kappa shape index (κ1) is 15.9. The number of aliphatic hydroxyl groups is 1. The standard InChI is InChI=1S/C20H24O3/c1-3-4-14-7-9-17(21)20-15(6-8-16(14)20)11-13-5-10-19(23-2)18(22)12-13/h4-5,7,9-10,12,14-17,20-22H,1,6,8,11H2,2H3. The van der Waals surface area contributed by atoms with Crippen LogP contribution in [0.4, 0.5) is 0 Å². The molecule has 2 aliphatic rings. The highest BCUT2D eigenvalue weighted by molar-refractivity contribution is 5.41. The van der Waals surface area contributed by atoms with Crippen molar-refractivity contribution in [3.63, 3.8) is 0 Å². The van der Waals surface area contributed by atoms with Crippen LogP contribution in [0.3, 0.4) is 0 Å². The zero-order valence-electron chi connectivity index (χ0n) is 13.5. The molecule has 5 unspecified atom stereocenters. The van der Waals surface area contributed by atoms with Crippen LogP contribution in [0.2, 0.25) is 0 Å². The van der Waals surface area contributed by atoms with Crippen LogP contribution >= 0.6 is 0 Å². The van der Waals surface area contributed by atoms with Crippen molar-refractivity contribution in [2.75, 3.05) is 7.11 Å². The number of benzene rings is 1. The van der Waals surface area contributed by atoms with Crippen LogP contribution in [-0.2, 0) is 6.42 Å². The van der Waals surface area contributed by atoms with E-state index in [-0.39, 0.29) is 17.8 Å². The van der Waals surface area contributed by atoms with Crippen LogP contribution in [0.5, 0.6) is 11.5 Å². The molecule has 0 spiro atoms. The summed E-state index contributed by atoms with van der Waals surface area (Å²) in [6.45, 7) is 3.68. The first-order valence-electron chi connectivity index (χ1n) is 8.22. The number of phenolic OH excluding ortho intramolecular Hbond substituents is 1. The number of allylic oxidation sites excluding steroid dienone is 2. The topological polar surface area (TPSA) is 49.7 Å². The molecule has 2 aliphatic carbocycles. The molecule has 0 bridgehead atoms. The molecule has 1 aromatic carbocycles. The normalized spacial score (nSPS) is 32.2. The Bertz CT molecular complexity index is 642. The summed E-state index contributed by atoms with van der Waals surface area (Å²) < 4.78 is 5.10. The number of ether oxygens (including phenoxy) is 1. The van der Waals surface area contributed by atoms with Gasteiger partial charge in [0.15, 0.2) is 11.5 Å². The molecule has 1 aromatic rings. The fourth-order valence-corrected chi connectivity index (χ4v) is 4.35. The second-order valence-electron chi connectivity index (χ2n) is 6.61. The van der Waals surface area contributed by atoms with Crippen molar-refractivity contribution in [3.05, 3.63) is 54.3 Å². The SMILES string of the molecule is C=C=CC1C=CC(O)C2C(Cc3ccc(OC)c(O)c3)CCC12. The molecule has 23 heavy (non-hydrogen) atoms. The molecular weight excluding hydrogens is 288 g/mol. The van der Waals surface area contributed by atoms with E-state index in [1.54, 1.807) is 19.2 Å². The summed E-state index contributed by atoms with van der Waals surface area (Å²) in [6, 6.07) is 5.58. The van der Waals surface area contributed by atoms with E-state index in [4.69, 9.17) is 4.74 Å². The third-order valence-corrected chi connectivity index (χ3v) is 5.38. The number of fused-ring (bicyclic) bond motifs is 1. The summed E-state index contributed by atoms with van der Waals surface area (Å²) in [5.74, 6) is 2.15. The average molecular weight is 312 g/mol. The number of hydrogen-bond donors (Lipinski definition) is 2. The molecule has 0 aliphatic heterocycles. The molecule has 3 nitrogen and oxygen atoms in total. The molecule has 3 rings (SSSR count). The van der Waals surface area contributed by atoms with Crippen molar-refractivity contribution in [2.24, 2.45) is 23.7 Å². The molecule has 1 fully saturated rings. The van der Waals surface area contributed by atoms with Crippen LogP contribution in [0.25, 0.3) is 0 Å². The summed E-state index contributed by atoms with van der Waals surface area (Å²) in [4.78, 5) is 0. The van der Waals surface area contributed by atoms with Crippen molar-refractivity contribution in [1.82, 2.24) is 0 Å². The van der Waals surface area contributed by atoms with E-state index in [2.05, 4.69) is 18.4 Å². The lowest BCUT2D eigenvalue weighted by molar-refractivity contribution is 0.0804. The Kier molecular flexibility index (Phi) is 4.61. The van der Waals surface area contributed by atoms with Gasteiger partial charge in [0.25, 0.3) is 0 Å². The van der Waals surface area contributed by atoms with Gasteiger partial charge in [-0.2, -0.15) is 0 Å². The Morgan fingerprint density at radius 1 is 1.35 bits per heavy atom. The van der Waals surface area contributed by atoms with E-state index in [1.807, 2.05) is 18.2 Å². The van der Waals surface area contributed by atoms with Crippen molar-refractivity contribution < 1.29 is 14.9 Å². The highest BCUT2D eigenvalue weighted by atomic mass is 16.5. The number of phenols is 1. The molecule has 0 radical (unpaired) electrons. The molecule has 0 aromatic heterocycles. The summed E-state index contributed by atoms with van der Waals surface area (Å²) in [5.41, 5.74) is 3.98. The first-order valence-corrected chi connectivity index (χ1v) is 8.22. The first-order chi connectivity index (χ1) is 11.1. The minimum absolute atomic E-state index is 0.177. The molecule has 3 heteroatoms. The van der Waals surface area contributed by atoms with Gasteiger partial charge in [-0.25, -0.2) is 0 Å². The van der Waals surface area contributed by atoms with Crippen LogP contribution in [0.1, 0.15) is 18.4 Å². The third-order valence-electron chi connectivity index (χ3n) is 5.38. The van der Waals surface area contributed by atoms with Crippen LogP contribution < -0.4 is 4.74 Å². The maximum atomic E-state index is 10.4. The van der Waals surface area contributed by atoms with Gasteiger partial charge in [0.05, 0.1) is 13.2 Å². The van der Waals surface area contributed by atoms with Gasteiger partial charge in [-0.1, -0.05) is 24.8 Å². The van der Waals surface area contributed by atoms with Gasteiger partial charge in [-0.15, -0.1) is 5.73 Å². The summed E-state index contributed by atoms with van der Waals surface area (Å²) in [5, 5.41) is 20.4. The van der Waals surface area contributed by atoms with Gasteiger partial charge >= 0.3 is 0 Å². The van der Waals surface area contributed by atoms with Gasteiger partial charge in [0, 0.05) is 5.92 Å². The van der Waals surface area contributed by atoms with Crippen LogP contribution in [0, 0.1) is 23.7 Å². The summed E-state index contributed by atoms with van der Waals surface area (Å²) in [7, 11) is 1.55. The van der Waals surface area contributed by atoms with Crippen LogP contribution in [0.15, 0.2) is 48.7 Å². The predicted octanol–water partition coefficient (Wildman–Crippen LogP) is 3.47. The molecule has 0 amide bonds. The lowest BCUT2D eigenvalue weighted by Gasteiger charge is -2.34. The number of rotatable bonds is 4. The smallest absolute Gasteiger partial charge is 0.160 e. The Labute approximate surface area is 137 Å². The molecule has 2 N–H and O–H groups in total. The molecule has 1 saturated carbocycles. The van der Waals surface area contributed by atoms with E-state index in [0.29, 0.717) is 23.5 Å². The summed E-state index contributed by atoms with van der Waals surface area (Å²) >= 11 is 0. The van der Waals surface area contributed by atoms with Gasteiger partial charge in [0.2, 0.25) is 0 Å². The fraction of sp³-hybridized carbons (Fsp3) is 0.450. The Hall–Kier alpha value is -1.96. The minimum Gasteiger partial charge on any atom is -0.504 e. The minimum atomic E-state index is -0.381. The maximum Gasteiger partial charge on any atom is 0.160 e. The summed E-state index contributed by atoms with van der Waals surface area (Å²) in [6.07, 6.45) is 8.73. The van der Waals surface area contributed by atoms with E-state index in [9.17, 15) is 10.2 Å². The molecule has 0 heterocycles. The van der Waals surface area contributed by atoms with Gasteiger partial charge in [-0.05, 0) is 60.8 Å². The maximum absolute atomic E-state index is 10.4. The largest absolute Gasteiger partial charge is 0.504 e. The second kappa shape index (κ2) is 6.66. The zero-order chi connectivity index (χ0) is 16.4. The van der Waals surface area contributed by atoms with Crippen molar-refractivity contribution in [2.45, 2.75) is 25.4 Å². The lowest BCUT2D eigenvalue weighted by atomic mass is 9.72. The average Bonchev–Trinajstić information content (AvgIpc) is 2.95. The monoisotopic (exact) mass is 312 g/mol. The Balaban J connectivity index is 1.78. The number of methoxy groups -OCH3 is 1. The number of hydrogen-bond acceptors (Lipinski definition) is 3. The molecular formula is C20H24O3. The highest BCUT2D eigenvalue weighted by Crippen LogP contribution is 2.48. The third kappa shape index (κ3) is 3.08. The van der Waals surface area contributed by atoms with Crippen molar-refractivity contribution in [3.8, 4) is 11.5 Å². The van der Waals surface area contributed by atoms with E-state index in [1.165, 1.54) is 0 Å². The highest BCUT2D eigenvalue weighted by Gasteiger charge is 2.43. The van der Waals surface area contributed by atoms with E-state index >= 15 is 0 Å². The predicted molar refractivity (Wildman–Crippen MR) is 90.4 cm³/mol. The van der Waals surface area contributed by atoms with Crippen LogP contribution in [-0.4, -0.2) is 23.4 Å². The number of aliphatic hydroxyl groups excluding tert-OH is 1. The Morgan fingerprint density at radius 2 is 2.17 bits per heavy atom.